The lowest BCUT2D eigenvalue weighted by atomic mass is 10.1. The van der Waals surface area contributed by atoms with Crippen molar-refractivity contribution >= 4 is 22.5 Å². The summed E-state index contributed by atoms with van der Waals surface area (Å²) in [4.78, 5) is 22.0. The molecule has 0 saturated heterocycles. The van der Waals surface area contributed by atoms with Gasteiger partial charge in [-0.2, -0.15) is 0 Å². The number of hydrogen-bond donors (Lipinski definition) is 1. The summed E-state index contributed by atoms with van der Waals surface area (Å²) < 4.78 is 11.4. The van der Waals surface area contributed by atoms with Crippen LogP contribution in [0, 0.1) is 0 Å². The van der Waals surface area contributed by atoms with Crippen LogP contribution in [0.4, 0.5) is 0 Å². The fourth-order valence-electron chi connectivity index (χ4n) is 2.67. The minimum absolute atomic E-state index is 0.138. The molecule has 3 aromatic carbocycles. The highest BCUT2D eigenvalue weighted by Gasteiger charge is 2.13. The van der Waals surface area contributed by atoms with Crippen LogP contribution in [0.3, 0.4) is 0 Å². The highest BCUT2D eigenvalue weighted by molar-refractivity contribution is 6.39. The van der Waals surface area contributed by atoms with E-state index < -0.39 is 11.8 Å². The van der Waals surface area contributed by atoms with E-state index in [0.717, 1.165) is 24.0 Å². The molecule has 0 atom stereocenters. The highest BCUT2D eigenvalue weighted by atomic mass is 16.5. The molecule has 0 aromatic heterocycles. The van der Waals surface area contributed by atoms with Crippen molar-refractivity contribution in [3.05, 3.63) is 72.3 Å². The fourth-order valence-corrected chi connectivity index (χ4v) is 2.67. The van der Waals surface area contributed by atoms with Gasteiger partial charge in [-0.25, -0.2) is 4.79 Å². The first-order valence-corrected chi connectivity index (χ1v) is 8.75. The number of ether oxygens (including phenoxy) is 2. The molecule has 138 valence electrons. The van der Waals surface area contributed by atoms with Crippen molar-refractivity contribution < 1.29 is 24.2 Å². The third-order valence-corrected chi connectivity index (χ3v) is 4.11. The fraction of sp³-hybridized carbons (Fsp3) is 0.182. The van der Waals surface area contributed by atoms with Crippen LogP contribution in [0.25, 0.3) is 10.8 Å². The number of aliphatic carboxylic acids is 1. The van der Waals surface area contributed by atoms with Gasteiger partial charge in [-0.3, -0.25) is 4.79 Å². The van der Waals surface area contributed by atoms with Crippen LogP contribution in [-0.4, -0.2) is 30.1 Å². The van der Waals surface area contributed by atoms with Gasteiger partial charge in [0.05, 0.1) is 13.2 Å². The Morgan fingerprint density at radius 3 is 2.00 bits per heavy atom. The van der Waals surface area contributed by atoms with Gasteiger partial charge in [0.2, 0.25) is 0 Å². The zero-order valence-electron chi connectivity index (χ0n) is 14.8. The molecule has 0 saturated carbocycles. The first kappa shape index (κ1) is 18.5. The van der Waals surface area contributed by atoms with E-state index in [0.29, 0.717) is 19.0 Å². The Morgan fingerprint density at radius 1 is 0.741 bits per heavy atom. The number of Topliss-reactive ketones (excluding diaryl/α,β-unsaturated/α-hetero) is 1. The lowest BCUT2D eigenvalue weighted by Crippen LogP contribution is -2.12. The van der Waals surface area contributed by atoms with Crippen LogP contribution < -0.4 is 9.47 Å². The Kier molecular flexibility index (Phi) is 6.05. The molecule has 5 heteroatoms. The first-order chi connectivity index (χ1) is 13.1. The zero-order valence-corrected chi connectivity index (χ0v) is 14.8. The molecule has 0 aliphatic rings. The molecule has 0 fully saturated rings. The van der Waals surface area contributed by atoms with E-state index in [-0.39, 0.29) is 5.56 Å². The minimum atomic E-state index is -1.46. The molecule has 0 amide bonds. The Hall–Kier alpha value is -3.34. The summed E-state index contributed by atoms with van der Waals surface area (Å²) in [7, 11) is 0. The number of carbonyl (C=O) groups excluding carboxylic acids is 1. The number of ketones is 1. The average molecular weight is 364 g/mol. The molecule has 27 heavy (non-hydrogen) atoms. The summed E-state index contributed by atoms with van der Waals surface area (Å²) in [6.07, 6.45) is 1.67. The first-order valence-electron chi connectivity index (χ1n) is 8.75. The van der Waals surface area contributed by atoms with Crippen molar-refractivity contribution in [2.75, 3.05) is 13.2 Å². The Labute approximate surface area is 157 Å². The van der Waals surface area contributed by atoms with Gasteiger partial charge in [0.25, 0.3) is 5.78 Å². The summed E-state index contributed by atoms with van der Waals surface area (Å²) in [5.74, 6) is -0.928. The monoisotopic (exact) mass is 364 g/mol. The summed E-state index contributed by atoms with van der Waals surface area (Å²) in [6, 6.07) is 20.3. The van der Waals surface area contributed by atoms with Crippen molar-refractivity contribution in [2.45, 2.75) is 12.8 Å². The van der Waals surface area contributed by atoms with E-state index in [4.69, 9.17) is 14.6 Å². The maximum atomic E-state index is 11.3. The molecule has 3 rings (SSSR count). The van der Waals surface area contributed by atoms with Crippen molar-refractivity contribution in [3.8, 4) is 11.5 Å². The number of unbranched alkanes of at least 4 members (excludes halogenated alkanes) is 1. The van der Waals surface area contributed by atoms with Gasteiger partial charge in [0.15, 0.2) is 0 Å². The Bertz CT molecular complexity index is 931. The van der Waals surface area contributed by atoms with Gasteiger partial charge in [-0.1, -0.05) is 30.3 Å². The molecule has 3 aromatic rings. The number of hydrogen-bond acceptors (Lipinski definition) is 4. The van der Waals surface area contributed by atoms with Crippen molar-refractivity contribution in [1.82, 2.24) is 0 Å². The molecule has 5 nitrogen and oxygen atoms in total. The maximum absolute atomic E-state index is 11.3. The largest absolute Gasteiger partial charge is 0.494 e. The van der Waals surface area contributed by atoms with Crippen LogP contribution in [0.1, 0.15) is 23.2 Å². The highest BCUT2D eigenvalue weighted by Crippen LogP contribution is 2.20. The van der Waals surface area contributed by atoms with Crippen molar-refractivity contribution in [2.24, 2.45) is 0 Å². The van der Waals surface area contributed by atoms with E-state index >= 15 is 0 Å². The number of carboxylic acids is 1. The molecule has 0 aliphatic heterocycles. The summed E-state index contributed by atoms with van der Waals surface area (Å²) >= 11 is 0. The predicted molar refractivity (Wildman–Crippen MR) is 103 cm³/mol. The van der Waals surface area contributed by atoms with E-state index in [2.05, 4.69) is 12.1 Å². The van der Waals surface area contributed by atoms with Gasteiger partial charge in [0.1, 0.15) is 11.5 Å². The lowest BCUT2D eigenvalue weighted by Gasteiger charge is -2.09. The quantitative estimate of drug-likeness (QED) is 0.347. The van der Waals surface area contributed by atoms with Gasteiger partial charge in [-0.15, -0.1) is 0 Å². The normalized spacial score (nSPS) is 10.5. The SMILES string of the molecule is O=C(O)C(=O)c1ccc(OCCCCOc2ccc3ccccc3c2)cc1. The third-order valence-electron chi connectivity index (χ3n) is 4.11. The summed E-state index contributed by atoms with van der Waals surface area (Å²) in [5, 5.41) is 11.0. The van der Waals surface area contributed by atoms with Gasteiger partial charge >= 0.3 is 5.97 Å². The molecule has 0 aliphatic carbocycles. The van der Waals surface area contributed by atoms with Crippen molar-refractivity contribution in [3.63, 3.8) is 0 Å². The second kappa shape index (κ2) is 8.85. The molecule has 0 unspecified atom stereocenters. The van der Waals surface area contributed by atoms with Crippen LogP contribution in [0.2, 0.25) is 0 Å². The number of carboxylic acid groups (broad SMARTS) is 1. The third kappa shape index (κ3) is 5.07. The smallest absolute Gasteiger partial charge is 0.377 e. The average Bonchev–Trinajstić information content (AvgIpc) is 2.70. The number of fused-ring (bicyclic) bond motifs is 1. The van der Waals surface area contributed by atoms with Gasteiger partial charge in [-0.05, 0) is 60.0 Å². The lowest BCUT2D eigenvalue weighted by molar-refractivity contribution is -0.131. The maximum Gasteiger partial charge on any atom is 0.377 e. The number of carbonyl (C=O) groups is 2. The van der Waals surface area contributed by atoms with E-state index in [1.165, 1.54) is 17.5 Å². The Balaban J connectivity index is 1.37. The van der Waals surface area contributed by atoms with Crippen LogP contribution >= 0.6 is 0 Å². The molecule has 0 spiro atoms. The summed E-state index contributed by atoms with van der Waals surface area (Å²) in [5.41, 5.74) is 0.138. The van der Waals surface area contributed by atoms with Crippen LogP contribution in [0.5, 0.6) is 11.5 Å². The number of benzene rings is 3. The van der Waals surface area contributed by atoms with Crippen molar-refractivity contribution in [1.29, 1.82) is 0 Å². The topological polar surface area (TPSA) is 72.8 Å². The number of rotatable bonds is 9. The molecular weight excluding hydrogens is 344 g/mol. The van der Waals surface area contributed by atoms with E-state index in [9.17, 15) is 9.59 Å². The van der Waals surface area contributed by atoms with Crippen LogP contribution in [-0.2, 0) is 4.79 Å². The molecule has 0 bridgehead atoms. The standard InChI is InChI=1S/C22H20O5/c23-21(22(24)25)17-8-10-19(11-9-17)26-13-3-4-14-27-20-12-7-16-5-1-2-6-18(16)15-20/h1-2,5-12,15H,3-4,13-14H2,(H,24,25). The molecule has 0 radical (unpaired) electrons. The van der Waals surface area contributed by atoms with Gasteiger partial charge in [0, 0.05) is 5.56 Å². The van der Waals surface area contributed by atoms with E-state index in [1.54, 1.807) is 12.1 Å². The second-order valence-corrected chi connectivity index (χ2v) is 6.07. The Morgan fingerprint density at radius 2 is 1.33 bits per heavy atom. The second-order valence-electron chi connectivity index (χ2n) is 6.07. The zero-order chi connectivity index (χ0) is 19.1. The summed E-state index contributed by atoms with van der Waals surface area (Å²) in [6.45, 7) is 1.13. The molecule has 1 N–H and O–H groups in total. The van der Waals surface area contributed by atoms with E-state index in [1.807, 2.05) is 30.3 Å². The predicted octanol–water partition coefficient (Wildman–Crippen LogP) is 4.35. The molecular formula is C22H20O5. The molecule has 0 heterocycles. The van der Waals surface area contributed by atoms with Crippen LogP contribution in [0.15, 0.2) is 66.7 Å². The minimum Gasteiger partial charge on any atom is -0.494 e. The van der Waals surface area contributed by atoms with Gasteiger partial charge < -0.3 is 14.6 Å².